The zero-order chi connectivity index (χ0) is 14.5. The molecule has 0 atom stereocenters. The molecular weight excluding hydrogens is 256 g/mol. The van der Waals surface area contributed by atoms with Crippen LogP contribution in [0.4, 0.5) is 0 Å². The molecule has 0 amide bonds. The van der Waals surface area contributed by atoms with Gasteiger partial charge < -0.3 is 0 Å². The van der Waals surface area contributed by atoms with Gasteiger partial charge in [0.1, 0.15) is 11.6 Å². The van der Waals surface area contributed by atoms with Gasteiger partial charge in [-0.1, -0.05) is 0 Å². The fourth-order valence-electron chi connectivity index (χ4n) is 1.94. The predicted octanol–water partition coefficient (Wildman–Crippen LogP) is 0.539. The topological polar surface area (TPSA) is 80.7 Å². The van der Waals surface area contributed by atoms with Gasteiger partial charge in [0.2, 0.25) is 0 Å². The molecule has 2 aromatic heterocycles. The van der Waals surface area contributed by atoms with Crippen molar-refractivity contribution in [2.75, 3.05) is 0 Å². The first-order chi connectivity index (χ1) is 9.67. The van der Waals surface area contributed by atoms with Gasteiger partial charge >= 0.3 is 5.69 Å². The lowest BCUT2D eigenvalue weighted by atomic mass is 10.2. The second kappa shape index (κ2) is 5.97. The van der Waals surface area contributed by atoms with Crippen molar-refractivity contribution < 1.29 is 0 Å². The summed E-state index contributed by atoms with van der Waals surface area (Å²) < 4.78 is 2.48. The van der Waals surface area contributed by atoms with Gasteiger partial charge in [-0.15, -0.1) is 0 Å². The summed E-state index contributed by atoms with van der Waals surface area (Å²) >= 11 is 0. The van der Waals surface area contributed by atoms with Crippen molar-refractivity contribution in [1.29, 1.82) is 5.26 Å². The lowest BCUT2D eigenvalue weighted by Crippen LogP contribution is -2.41. The van der Waals surface area contributed by atoms with Crippen molar-refractivity contribution in [3.63, 3.8) is 0 Å². The minimum atomic E-state index is -0.531. The van der Waals surface area contributed by atoms with Crippen molar-refractivity contribution >= 4 is 0 Å². The maximum absolute atomic E-state index is 12.1. The zero-order valence-electron chi connectivity index (χ0n) is 11.1. The largest absolute Gasteiger partial charge is 0.331 e. The number of hydrogen-bond donors (Lipinski definition) is 0. The second-order valence-corrected chi connectivity index (χ2v) is 4.29. The van der Waals surface area contributed by atoms with E-state index in [1.165, 1.54) is 10.8 Å². The molecule has 0 aliphatic heterocycles. The Balaban J connectivity index is 2.39. The molecule has 0 fully saturated rings. The van der Waals surface area contributed by atoms with E-state index in [0.29, 0.717) is 13.0 Å². The van der Waals surface area contributed by atoms with E-state index in [2.05, 4.69) is 4.98 Å². The Labute approximate surface area is 115 Å². The van der Waals surface area contributed by atoms with E-state index in [1.54, 1.807) is 19.3 Å². The third kappa shape index (κ3) is 2.67. The van der Waals surface area contributed by atoms with Crippen molar-refractivity contribution in [3.05, 3.63) is 62.7 Å². The first-order valence-electron chi connectivity index (χ1n) is 6.30. The normalized spacial score (nSPS) is 10.2. The quantitative estimate of drug-likeness (QED) is 0.812. The highest BCUT2D eigenvalue weighted by molar-refractivity contribution is 5.22. The smallest absolute Gasteiger partial charge is 0.299 e. The number of nitriles is 1. The van der Waals surface area contributed by atoms with Gasteiger partial charge in [-0.25, -0.2) is 4.79 Å². The van der Waals surface area contributed by atoms with Gasteiger partial charge in [0.15, 0.2) is 0 Å². The molecule has 0 aliphatic carbocycles. The Morgan fingerprint density at radius 1 is 1.30 bits per heavy atom. The molecule has 0 unspecified atom stereocenters. The Morgan fingerprint density at radius 2 is 2.00 bits per heavy atom. The number of aryl methyl sites for hydroxylation is 2. The predicted molar refractivity (Wildman–Crippen MR) is 73.3 cm³/mol. The molecule has 6 nitrogen and oxygen atoms in total. The standard InChI is InChI=1S/C14H14N4O2/c1-2-17-10-12(9-15)13(19)18(14(17)20)8-5-11-3-6-16-7-4-11/h3-4,6-7,10H,2,5,8H2,1H3. The summed E-state index contributed by atoms with van der Waals surface area (Å²) in [5, 5.41) is 8.95. The van der Waals surface area contributed by atoms with E-state index in [0.717, 1.165) is 10.1 Å². The van der Waals surface area contributed by atoms with E-state index in [9.17, 15) is 9.59 Å². The Hall–Kier alpha value is -2.68. The molecule has 6 heteroatoms. The van der Waals surface area contributed by atoms with Crippen LogP contribution in [0.5, 0.6) is 0 Å². The van der Waals surface area contributed by atoms with Crippen molar-refractivity contribution in [3.8, 4) is 6.07 Å². The minimum absolute atomic E-state index is 0.0128. The van der Waals surface area contributed by atoms with Crippen molar-refractivity contribution in [1.82, 2.24) is 14.1 Å². The van der Waals surface area contributed by atoms with Crippen molar-refractivity contribution in [2.24, 2.45) is 0 Å². The third-order valence-corrected chi connectivity index (χ3v) is 3.07. The summed E-state index contributed by atoms with van der Waals surface area (Å²) in [6.07, 6.45) is 5.17. The average Bonchev–Trinajstić information content (AvgIpc) is 2.48. The van der Waals surface area contributed by atoms with Gasteiger partial charge in [0, 0.05) is 31.7 Å². The maximum Gasteiger partial charge on any atom is 0.331 e. The summed E-state index contributed by atoms with van der Waals surface area (Å²) in [6.45, 7) is 2.46. The molecule has 0 aromatic carbocycles. The van der Waals surface area contributed by atoms with E-state index in [1.807, 2.05) is 18.2 Å². The molecule has 2 aromatic rings. The number of aromatic nitrogens is 3. The fourth-order valence-corrected chi connectivity index (χ4v) is 1.94. The van der Waals surface area contributed by atoms with Gasteiger partial charge in [0.05, 0.1) is 0 Å². The monoisotopic (exact) mass is 270 g/mol. The van der Waals surface area contributed by atoms with Gasteiger partial charge in [-0.3, -0.25) is 18.9 Å². The second-order valence-electron chi connectivity index (χ2n) is 4.29. The first-order valence-corrected chi connectivity index (χ1v) is 6.30. The van der Waals surface area contributed by atoms with Crippen LogP contribution in [-0.2, 0) is 19.5 Å². The van der Waals surface area contributed by atoms with Gasteiger partial charge in [0.25, 0.3) is 5.56 Å². The highest BCUT2D eigenvalue weighted by atomic mass is 16.2. The Morgan fingerprint density at radius 3 is 2.60 bits per heavy atom. The summed E-state index contributed by atoms with van der Waals surface area (Å²) in [6, 6.07) is 5.49. The van der Waals surface area contributed by atoms with Crippen LogP contribution in [0.3, 0.4) is 0 Å². The van der Waals surface area contributed by atoms with E-state index in [4.69, 9.17) is 5.26 Å². The van der Waals surface area contributed by atoms with Crippen LogP contribution in [0, 0.1) is 11.3 Å². The maximum atomic E-state index is 12.1. The molecule has 102 valence electrons. The van der Waals surface area contributed by atoms with Crippen LogP contribution >= 0.6 is 0 Å². The molecule has 2 heterocycles. The van der Waals surface area contributed by atoms with E-state index >= 15 is 0 Å². The van der Waals surface area contributed by atoms with Crippen LogP contribution in [0.1, 0.15) is 18.1 Å². The molecular formula is C14H14N4O2. The lowest BCUT2D eigenvalue weighted by molar-refractivity contribution is 0.562. The van der Waals surface area contributed by atoms with E-state index < -0.39 is 5.56 Å². The average molecular weight is 270 g/mol. The van der Waals surface area contributed by atoms with Gasteiger partial charge in [-0.2, -0.15) is 5.26 Å². The van der Waals surface area contributed by atoms with Crippen molar-refractivity contribution in [2.45, 2.75) is 26.4 Å². The minimum Gasteiger partial charge on any atom is -0.299 e. The Kier molecular flexibility index (Phi) is 4.11. The van der Waals surface area contributed by atoms with Crippen LogP contribution in [0.25, 0.3) is 0 Å². The summed E-state index contributed by atoms with van der Waals surface area (Å²) in [5.41, 5.74) is 0.0553. The number of pyridine rings is 1. The number of nitrogens with zero attached hydrogens (tertiary/aromatic N) is 4. The molecule has 0 N–H and O–H groups in total. The van der Waals surface area contributed by atoms with Gasteiger partial charge in [-0.05, 0) is 31.0 Å². The first kappa shape index (κ1) is 13.7. The molecule has 0 aliphatic rings. The molecule has 0 saturated carbocycles. The van der Waals surface area contributed by atoms with Crippen LogP contribution in [0.2, 0.25) is 0 Å². The summed E-state index contributed by atoms with van der Waals surface area (Å²) in [4.78, 5) is 28.1. The lowest BCUT2D eigenvalue weighted by Gasteiger charge is -2.09. The SMILES string of the molecule is CCn1cc(C#N)c(=O)n(CCc2ccncc2)c1=O. The molecule has 2 rings (SSSR count). The summed E-state index contributed by atoms with van der Waals surface area (Å²) in [7, 11) is 0. The number of rotatable bonds is 4. The molecule has 20 heavy (non-hydrogen) atoms. The van der Waals surface area contributed by atoms with E-state index in [-0.39, 0.29) is 17.8 Å². The zero-order valence-corrected chi connectivity index (χ0v) is 11.1. The molecule has 0 bridgehead atoms. The fraction of sp³-hybridized carbons (Fsp3) is 0.286. The van der Waals surface area contributed by atoms with Crippen LogP contribution in [-0.4, -0.2) is 14.1 Å². The van der Waals surface area contributed by atoms with Crippen LogP contribution < -0.4 is 11.2 Å². The highest BCUT2D eigenvalue weighted by Crippen LogP contribution is 1.98. The molecule has 0 spiro atoms. The summed E-state index contributed by atoms with van der Waals surface area (Å²) in [5.74, 6) is 0. The molecule has 0 saturated heterocycles. The molecule has 0 radical (unpaired) electrons. The third-order valence-electron chi connectivity index (χ3n) is 3.07. The highest BCUT2D eigenvalue weighted by Gasteiger charge is 2.10. The number of hydrogen-bond acceptors (Lipinski definition) is 4. The van der Waals surface area contributed by atoms with Crippen LogP contribution in [0.15, 0.2) is 40.3 Å². The Bertz CT molecular complexity index is 753.